The molecule has 0 spiro atoms. The Labute approximate surface area is 159 Å². The Morgan fingerprint density at radius 3 is 2.46 bits per heavy atom. The lowest BCUT2D eigenvalue weighted by Crippen LogP contribution is -2.36. The van der Waals surface area contributed by atoms with Crippen LogP contribution in [-0.2, 0) is 13.1 Å². The van der Waals surface area contributed by atoms with Gasteiger partial charge < -0.3 is 15.4 Å². The zero-order chi connectivity index (χ0) is 16.7. The van der Waals surface area contributed by atoms with Crippen LogP contribution in [0.4, 0.5) is 4.39 Å². The molecule has 4 nitrogen and oxygen atoms in total. The fourth-order valence-electron chi connectivity index (χ4n) is 2.21. The molecule has 2 aromatic rings. The molecule has 0 amide bonds. The van der Waals surface area contributed by atoms with Crippen LogP contribution in [0.25, 0.3) is 0 Å². The number of aryl methyl sites for hydroxylation is 1. The van der Waals surface area contributed by atoms with Gasteiger partial charge in [0.15, 0.2) is 17.5 Å². The van der Waals surface area contributed by atoms with Gasteiger partial charge in [-0.3, -0.25) is 4.99 Å². The van der Waals surface area contributed by atoms with E-state index in [0.29, 0.717) is 19.0 Å². The fraction of sp³-hybridized carbons (Fsp3) is 0.278. The van der Waals surface area contributed by atoms with Crippen molar-refractivity contribution < 1.29 is 9.13 Å². The van der Waals surface area contributed by atoms with Crippen LogP contribution < -0.4 is 15.4 Å². The molecule has 2 aromatic carbocycles. The van der Waals surface area contributed by atoms with E-state index in [-0.39, 0.29) is 35.5 Å². The zero-order valence-electron chi connectivity index (χ0n) is 14.1. The molecule has 0 aliphatic rings. The number of hydrogen-bond donors (Lipinski definition) is 2. The van der Waals surface area contributed by atoms with E-state index in [4.69, 9.17) is 4.74 Å². The first-order valence-corrected chi connectivity index (χ1v) is 7.45. The Morgan fingerprint density at radius 2 is 1.83 bits per heavy atom. The standard InChI is InChI=1S/C18H22FN3O.HI/c1-13-6-4-5-7-15(13)12-22-18(20-2)21-11-14-8-9-17(23-3)16(19)10-14;/h4-10H,11-12H2,1-3H3,(H2,20,21,22);1H. The minimum absolute atomic E-state index is 0. The predicted octanol–water partition coefficient (Wildman–Crippen LogP) is 3.63. The van der Waals surface area contributed by atoms with Crippen molar-refractivity contribution in [3.05, 3.63) is 65.0 Å². The molecule has 2 rings (SSSR count). The first kappa shape index (κ1) is 20.2. The summed E-state index contributed by atoms with van der Waals surface area (Å²) in [6.45, 7) is 3.24. The Bertz CT molecular complexity index is 692. The molecule has 6 heteroatoms. The summed E-state index contributed by atoms with van der Waals surface area (Å²) in [4.78, 5) is 4.18. The van der Waals surface area contributed by atoms with Gasteiger partial charge in [0.1, 0.15) is 0 Å². The van der Waals surface area contributed by atoms with Gasteiger partial charge in [-0.2, -0.15) is 0 Å². The van der Waals surface area contributed by atoms with Crippen molar-refractivity contribution in [2.75, 3.05) is 14.2 Å². The van der Waals surface area contributed by atoms with Gasteiger partial charge >= 0.3 is 0 Å². The van der Waals surface area contributed by atoms with Crippen molar-refractivity contribution in [3.63, 3.8) is 0 Å². The largest absolute Gasteiger partial charge is 0.494 e. The molecule has 0 aliphatic heterocycles. The van der Waals surface area contributed by atoms with Gasteiger partial charge in [-0.1, -0.05) is 30.3 Å². The Morgan fingerprint density at radius 1 is 1.12 bits per heavy atom. The number of halogens is 2. The van der Waals surface area contributed by atoms with Crippen LogP contribution in [0, 0.1) is 12.7 Å². The summed E-state index contributed by atoms with van der Waals surface area (Å²) in [6, 6.07) is 13.1. The molecule has 0 radical (unpaired) electrons. The van der Waals surface area contributed by atoms with Crippen molar-refractivity contribution >= 4 is 29.9 Å². The van der Waals surface area contributed by atoms with E-state index in [9.17, 15) is 4.39 Å². The number of hydrogen-bond acceptors (Lipinski definition) is 2. The third kappa shape index (κ3) is 5.67. The van der Waals surface area contributed by atoms with Crippen molar-refractivity contribution in [3.8, 4) is 5.75 Å². The summed E-state index contributed by atoms with van der Waals surface area (Å²) < 4.78 is 18.6. The number of nitrogens with one attached hydrogen (secondary N) is 2. The Kier molecular flexibility index (Phi) is 8.53. The average molecular weight is 443 g/mol. The zero-order valence-corrected chi connectivity index (χ0v) is 16.4. The van der Waals surface area contributed by atoms with Crippen LogP contribution in [0.3, 0.4) is 0 Å². The molecule has 0 heterocycles. The third-order valence-corrected chi connectivity index (χ3v) is 3.61. The lowest BCUT2D eigenvalue weighted by atomic mass is 10.1. The summed E-state index contributed by atoms with van der Waals surface area (Å²) in [6.07, 6.45) is 0. The van der Waals surface area contributed by atoms with Gasteiger partial charge in [-0.15, -0.1) is 24.0 Å². The van der Waals surface area contributed by atoms with Gasteiger partial charge in [0.2, 0.25) is 0 Å². The molecule has 0 saturated carbocycles. The van der Waals surface area contributed by atoms with Crippen LogP contribution in [0.5, 0.6) is 5.75 Å². The first-order chi connectivity index (χ1) is 11.1. The molecular formula is C18H23FIN3O. The minimum Gasteiger partial charge on any atom is -0.494 e. The third-order valence-electron chi connectivity index (χ3n) is 3.61. The van der Waals surface area contributed by atoms with Crippen molar-refractivity contribution in [1.82, 2.24) is 10.6 Å². The van der Waals surface area contributed by atoms with Gasteiger partial charge in [0, 0.05) is 20.1 Å². The summed E-state index contributed by atoms with van der Waals surface area (Å²) in [5, 5.41) is 6.43. The number of rotatable bonds is 5. The Hall–Kier alpha value is -1.83. The maximum atomic E-state index is 13.7. The molecule has 0 atom stereocenters. The molecule has 0 aromatic heterocycles. The molecule has 130 valence electrons. The Balaban J connectivity index is 0.00000288. The fourth-order valence-corrected chi connectivity index (χ4v) is 2.21. The van der Waals surface area contributed by atoms with Crippen LogP contribution in [-0.4, -0.2) is 20.1 Å². The molecule has 24 heavy (non-hydrogen) atoms. The second-order valence-corrected chi connectivity index (χ2v) is 5.17. The minimum atomic E-state index is -0.366. The normalized spacial score (nSPS) is 10.8. The van der Waals surface area contributed by atoms with E-state index in [1.165, 1.54) is 24.3 Å². The molecule has 0 saturated heterocycles. The van der Waals surface area contributed by atoms with E-state index in [0.717, 1.165) is 5.56 Å². The topological polar surface area (TPSA) is 45.7 Å². The molecule has 0 unspecified atom stereocenters. The van der Waals surface area contributed by atoms with E-state index in [1.807, 2.05) is 18.2 Å². The van der Waals surface area contributed by atoms with Crippen LogP contribution >= 0.6 is 24.0 Å². The monoisotopic (exact) mass is 443 g/mol. The van der Waals surface area contributed by atoms with Crippen molar-refractivity contribution in [2.45, 2.75) is 20.0 Å². The highest BCUT2D eigenvalue weighted by atomic mass is 127. The SMILES string of the molecule is CN=C(NCc1ccc(OC)c(F)c1)NCc1ccccc1C.I. The number of methoxy groups -OCH3 is 1. The van der Waals surface area contributed by atoms with E-state index >= 15 is 0 Å². The van der Waals surface area contributed by atoms with Crippen LogP contribution in [0.15, 0.2) is 47.5 Å². The molecule has 2 N–H and O–H groups in total. The maximum Gasteiger partial charge on any atom is 0.191 e. The second kappa shape index (κ2) is 10.1. The number of benzene rings is 2. The molecular weight excluding hydrogens is 420 g/mol. The number of nitrogens with zero attached hydrogens (tertiary/aromatic N) is 1. The van der Waals surface area contributed by atoms with Crippen molar-refractivity contribution in [1.29, 1.82) is 0 Å². The summed E-state index contributed by atoms with van der Waals surface area (Å²) in [5.74, 6) is 0.551. The van der Waals surface area contributed by atoms with E-state index in [2.05, 4.69) is 34.7 Å². The van der Waals surface area contributed by atoms with Gasteiger partial charge in [0.05, 0.1) is 7.11 Å². The molecule has 0 fully saturated rings. The number of ether oxygens (including phenoxy) is 1. The smallest absolute Gasteiger partial charge is 0.191 e. The average Bonchev–Trinajstić information content (AvgIpc) is 2.56. The van der Waals surface area contributed by atoms with Crippen LogP contribution in [0.2, 0.25) is 0 Å². The van der Waals surface area contributed by atoms with Gasteiger partial charge in [0.25, 0.3) is 0 Å². The maximum absolute atomic E-state index is 13.7. The first-order valence-electron chi connectivity index (χ1n) is 7.45. The summed E-state index contributed by atoms with van der Waals surface area (Å²) in [5.41, 5.74) is 3.26. The predicted molar refractivity (Wildman–Crippen MR) is 107 cm³/mol. The molecule has 0 bridgehead atoms. The highest BCUT2D eigenvalue weighted by molar-refractivity contribution is 14.0. The van der Waals surface area contributed by atoms with Crippen molar-refractivity contribution in [2.24, 2.45) is 4.99 Å². The highest BCUT2D eigenvalue weighted by Gasteiger charge is 2.05. The van der Waals surface area contributed by atoms with Gasteiger partial charge in [-0.25, -0.2) is 4.39 Å². The molecule has 0 aliphatic carbocycles. The van der Waals surface area contributed by atoms with E-state index < -0.39 is 0 Å². The number of guanidine groups is 1. The quantitative estimate of drug-likeness (QED) is 0.422. The highest BCUT2D eigenvalue weighted by Crippen LogP contribution is 2.17. The second-order valence-electron chi connectivity index (χ2n) is 5.17. The summed E-state index contributed by atoms with van der Waals surface area (Å²) >= 11 is 0. The number of aliphatic imine (C=N–C) groups is 1. The lowest BCUT2D eigenvalue weighted by molar-refractivity contribution is 0.386. The van der Waals surface area contributed by atoms with E-state index in [1.54, 1.807) is 13.1 Å². The van der Waals surface area contributed by atoms with Gasteiger partial charge in [-0.05, 0) is 35.7 Å². The van der Waals surface area contributed by atoms with Crippen LogP contribution in [0.1, 0.15) is 16.7 Å². The summed E-state index contributed by atoms with van der Waals surface area (Å²) in [7, 11) is 3.16. The lowest BCUT2D eigenvalue weighted by Gasteiger charge is -2.13.